The minimum Gasteiger partial charge on any atom is -0.475 e. The van der Waals surface area contributed by atoms with Crippen molar-refractivity contribution in [2.45, 2.75) is 13.5 Å². The Labute approximate surface area is 113 Å². The number of anilines is 1. The van der Waals surface area contributed by atoms with E-state index >= 15 is 0 Å². The van der Waals surface area contributed by atoms with Crippen LogP contribution in [0.25, 0.3) is 5.65 Å². The normalized spacial score (nSPS) is 10.8. The molecule has 0 unspecified atom stereocenters. The highest BCUT2D eigenvalue weighted by atomic mass is 16.4. The molecule has 0 aliphatic carbocycles. The Kier molecular flexibility index (Phi) is 2.82. The molecule has 0 fully saturated rings. The van der Waals surface area contributed by atoms with Crippen molar-refractivity contribution in [3.05, 3.63) is 41.9 Å². The minimum atomic E-state index is -1.09. The lowest BCUT2D eigenvalue weighted by Gasteiger charge is -2.04. The van der Waals surface area contributed by atoms with Crippen LogP contribution in [0.5, 0.6) is 0 Å². The molecule has 3 aromatic heterocycles. The van der Waals surface area contributed by atoms with Gasteiger partial charge in [0.15, 0.2) is 5.82 Å². The number of nitrogens with one attached hydrogen (secondary N) is 1. The number of nitrogens with zero attached hydrogens (tertiary/aromatic N) is 4. The fourth-order valence-corrected chi connectivity index (χ4v) is 1.82. The maximum absolute atomic E-state index is 10.7. The van der Waals surface area contributed by atoms with Gasteiger partial charge in [0.25, 0.3) is 0 Å². The Hall–Kier alpha value is -2.90. The summed E-state index contributed by atoms with van der Waals surface area (Å²) in [6.07, 6.45) is 3.40. The smallest absolute Gasteiger partial charge is 0.371 e. The number of carbonyl (C=O) groups is 1. The SMILES string of the molecule is Cc1nnc2c(NCc3ccc(C(=O)O)o3)nccn12. The first-order valence-electron chi connectivity index (χ1n) is 5.87. The van der Waals surface area contributed by atoms with E-state index in [-0.39, 0.29) is 5.76 Å². The Balaban J connectivity index is 1.81. The van der Waals surface area contributed by atoms with Gasteiger partial charge in [-0.05, 0) is 19.1 Å². The molecule has 0 saturated heterocycles. The highest BCUT2D eigenvalue weighted by Gasteiger charge is 2.11. The van der Waals surface area contributed by atoms with E-state index in [2.05, 4.69) is 20.5 Å². The molecule has 0 bridgehead atoms. The van der Waals surface area contributed by atoms with Gasteiger partial charge < -0.3 is 14.8 Å². The Morgan fingerprint density at radius 3 is 3.05 bits per heavy atom. The van der Waals surface area contributed by atoms with Gasteiger partial charge in [-0.25, -0.2) is 9.78 Å². The lowest BCUT2D eigenvalue weighted by molar-refractivity contribution is 0.0660. The van der Waals surface area contributed by atoms with Crippen molar-refractivity contribution in [2.24, 2.45) is 0 Å². The fourth-order valence-electron chi connectivity index (χ4n) is 1.82. The molecule has 8 heteroatoms. The van der Waals surface area contributed by atoms with Gasteiger partial charge in [-0.2, -0.15) is 0 Å². The minimum absolute atomic E-state index is 0.0914. The molecule has 20 heavy (non-hydrogen) atoms. The lowest BCUT2D eigenvalue weighted by atomic mass is 10.4. The van der Waals surface area contributed by atoms with Crippen molar-refractivity contribution in [3.8, 4) is 0 Å². The number of aromatic carboxylic acids is 1. The number of rotatable bonds is 4. The first-order valence-corrected chi connectivity index (χ1v) is 5.87. The molecule has 0 saturated carbocycles. The zero-order valence-corrected chi connectivity index (χ0v) is 10.6. The molecule has 0 aliphatic heterocycles. The van der Waals surface area contributed by atoms with Crippen molar-refractivity contribution >= 4 is 17.4 Å². The monoisotopic (exact) mass is 273 g/mol. The number of aromatic nitrogens is 4. The van der Waals surface area contributed by atoms with Crippen LogP contribution in [0.1, 0.15) is 22.1 Å². The zero-order valence-electron chi connectivity index (χ0n) is 10.6. The van der Waals surface area contributed by atoms with Crippen LogP contribution >= 0.6 is 0 Å². The van der Waals surface area contributed by atoms with Gasteiger partial charge in [0, 0.05) is 12.4 Å². The quantitative estimate of drug-likeness (QED) is 0.738. The van der Waals surface area contributed by atoms with Gasteiger partial charge in [-0.3, -0.25) is 4.40 Å². The highest BCUT2D eigenvalue weighted by Crippen LogP contribution is 2.14. The highest BCUT2D eigenvalue weighted by molar-refractivity contribution is 5.84. The number of carboxylic acids is 1. The Morgan fingerprint density at radius 1 is 1.45 bits per heavy atom. The van der Waals surface area contributed by atoms with Crippen molar-refractivity contribution in [2.75, 3.05) is 5.32 Å². The summed E-state index contributed by atoms with van der Waals surface area (Å²) in [5.41, 5.74) is 0.606. The summed E-state index contributed by atoms with van der Waals surface area (Å²) in [5, 5.41) is 19.8. The Bertz CT molecular complexity index is 776. The molecule has 0 aromatic carbocycles. The molecule has 0 radical (unpaired) electrons. The van der Waals surface area contributed by atoms with Crippen molar-refractivity contribution in [3.63, 3.8) is 0 Å². The second kappa shape index (κ2) is 4.65. The average molecular weight is 273 g/mol. The van der Waals surface area contributed by atoms with Crippen LogP contribution in [0.3, 0.4) is 0 Å². The third-order valence-corrected chi connectivity index (χ3v) is 2.80. The predicted molar refractivity (Wildman–Crippen MR) is 68.5 cm³/mol. The summed E-state index contributed by atoms with van der Waals surface area (Å²) in [6, 6.07) is 3.01. The van der Waals surface area contributed by atoms with E-state index in [9.17, 15) is 4.79 Å². The lowest BCUT2D eigenvalue weighted by Crippen LogP contribution is -2.03. The third kappa shape index (κ3) is 2.07. The van der Waals surface area contributed by atoms with E-state index in [1.165, 1.54) is 6.07 Å². The van der Waals surface area contributed by atoms with Crippen LogP contribution < -0.4 is 5.32 Å². The van der Waals surface area contributed by atoms with E-state index in [1.807, 2.05) is 6.92 Å². The first kappa shape index (κ1) is 12.2. The third-order valence-electron chi connectivity index (χ3n) is 2.80. The van der Waals surface area contributed by atoms with Crippen molar-refractivity contribution < 1.29 is 14.3 Å². The van der Waals surface area contributed by atoms with Gasteiger partial charge >= 0.3 is 5.97 Å². The molecule has 0 spiro atoms. The van der Waals surface area contributed by atoms with Gasteiger partial charge in [-0.15, -0.1) is 10.2 Å². The molecule has 8 nitrogen and oxygen atoms in total. The molecule has 0 aliphatic rings. The fraction of sp³-hybridized carbons (Fsp3) is 0.167. The number of aryl methyl sites for hydroxylation is 1. The largest absolute Gasteiger partial charge is 0.475 e. The van der Waals surface area contributed by atoms with E-state index in [0.717, 1.165) is 5.82 Å². The van der Waals surface area contributed by atoms with Crippen LogP contribution in [0.15, 0.2) is 28.9 Å². The van der Waals surface area contributed by atoms with Crippen molar-refractivity contribution in [1.29, 1.82) is 0 Å². The Morgan fingerprint density at radius 2 is 2.30 bits per heavy atom. The van der Waals surface area contributed by atoms with E-state index in [1.54, 1.807) is 22.9 Å². The zero-order chi connectivity index (χ0) is 14.1. The summed E-state index contributed by atoms with van der Waals surface area (Å²) < 4.78 is 6.96. The van der Waals surface area contributed by atoms with Gasteiger partial charge in [0.05, 0.1) is 6.54 Å². The van der Waals surface area contributed by atoms with E-state index in [0.29, 0.717) is 23.8 Å². The van der Waals surface area contributed by atoms with Crippen LogP contribution in [-0.2, 0) is 6.54 Å². The summed E-state index contributed by atoms with van der Waals surface area (Å²) in [4.78, 5) is 14.9. The molecule has 3 aromatic rings. The topological polar surface area (TPSA) is 106 Å². The maximum atomic E-state index is 10.7. The van der Waals surface area contributed by atoms with Gasteiger partial charge in [0.2, 0.25) is 11.4 Å². The molecule has 2 N–H and O–H groups in total. The van der Waals surface area contributed by atoms with Crippen LogP contribution in [0.4, 0.5) is 5.82 Å². The molecule has 3 heterocycles. The summed E-state index contributed by atoms with van der Waals surface area (Å²) in [5.74, 6) is 0.635. The second-order valence-corrected chi connectivity index (χ2v) is 4.14. The number of carboxylic acid groups (broad SMARTS) is 1. The number of hydrogen-bond acceptors (Lipinski definition) is 6. The molecule has 0 amide bonds. The van der Waals surface area contributed by atoms with Crippen LogP contribution in [0, 0.1) is 6.92 Å². The molecule has 102 valence electrons. The van der Waals surface area contributed by atoms with Gasteiger partial charge in [0.1, 0.15) is 11.6 Å². The predicted octanol–water partition coefficient (Wildman–Crippen LogP) is 1.34. The first-order chi connectivity index (χ1) is 9.65. The summed E-state index contributed by atoms with van der Waals surface area (Å²) in [6.45, 7) is 2.15. The molecular weight excluding hydrogens is 262 g/mol. The number of furan rings is 1. The second-order valence-electron chi connectivity index (χ2n) is 4.14. The average Bonchev–Trinajstić information content (AvgIpc) is 3.04. The molecular formula is C12H11N5O3. The van der Waals surface area contributed by atoms with E-state index < -0.39 is 5.97 Å². The number of fused-ring (bicyclic) bond motifs is 1. The standard InChI is InChI=1S/C12H11N5O3/c1-7-15-16-11-10(13-4-5-17(7)11)14-6-8-2-3-9(20-8)12(18)19/h2-5H,6H2,1H3,(H,13,14)(H,18,19). The molecule has 0 atom stereocenters. The summed E-state index contributed by atoms with van der Waals surface area (Å²) in [7, 11) is 0. The van der Waals surface area contributed by atoms with Gasteiger partial charge in [-0.1, -0.05) is 0 Å². The maximum Gasteiger partial charge on any atom is 0.371 e. The van der Waals surface area contributed by atoms with E-state index in [4.69, 9.17) is 9.52 Å². The van der Waals surface area contributed by atoms with Crippen LogP contribution in [-0.4, -0.2) is 30.7 Å². The molecule has 3 rings (SSSR count). The van der Waals surface area contributed by atoms with Crippen LogP contribution in [0.2, 0.25) is 0 Å². The summed E-state index contributed by atoms with van der Waals surface area (Å²) >= 11 is 0. The van der Waals surface area contributed by atoms with Crippen molar-refractivity contribution in [1.82, 2.24) is 19.6 Å². The number of hydrogen-bond donors (Lipinski definition) is 2.